The lowest BCUT2D eigenvalue weighted by Gasteiger charge is -2.44. The van der Waals surface area contributed by atoms with Crippen LogP contribution in [0.3, 0.4) is 0 Å². The van der Waals surface area contributed by atoms with Crippen molar-refractivity contribution in [3.8, 4) is 6.07 Å². The molecule has 0 heterocycles. The Morgan fingerprint density at radius 1 is 1.30 bits per heavy atom. The van der Waals surface area contributed by atoms with E-state index >= 15 is 0 Å². The molecular formula is C17H23FN2. The van der Waals surface area contributed by atoms with Gasteiger partial charge in [0.05, 0.1) is 6.07 Å². The van der Waals surface area contributed by atoms with E-state index in [0.29, 0.717) is 17.8 Å². The Hall–Kier alpha value is -1.56. The number of nitrogens with one attached hydrogen (secondary N) is 1. The Morgan fingerprint density at radius 3 is 2.50 bits per heavy atom. The van der Waals surface area contributed by atoms with Crippen LogP contribution in [0, 0.1) is 34.9 Å². The van der Waals surface area contributed by atoms with Gasteiger partial charge in [-0.15, -0.1) is 0 Å². The van der Waals surface area contributed by atoms with Gasteiger partial charge in [0.2, 0.25) is 0 Å². The monoisotopic (exact) mass is 274 g/mol. The SMILES string of the molecule is CC1CCC(C(C)C)C(C#N)(Nc2ccc(F)cc2)C1. The summed E-state index contributed by atoms with van der Waals surface area (Å²) in [5.41, 5.74) is 0.289. The van der Waals surface area contributed by atoms with Crippen LogP contribution in [0.15, 0.2) is 24.3 Å². The lowest BCUT2D eigenvalue weighted by atomic mass is 9.65. The third kappa shape index (κ3) is 2.95. The standard InChI is InChI=1S/C17H23FN2/c1-12(2)16-9-4-13(3)10-17(16,11-19)20-15-7-5-14(18)6-8-15/h5-8,12-13,16,20H,4,9-10H2,1-3H3. The highest BCUT2D eigenvalue weighted by Crippen LogP contribution is 2.42. The van der Waals surface area contributed by atoms with Crippen molar-refractivity contribution in [2.45, 2.75) is 45.6 Å². The molecule has 0 amide bonds. The molecule has 1 aromatic carbocycles. The minimum atomic E-state index is -0.538. The Kier molecular flexibility index (Phi) is 4.32. The molecule has 1 N–H and O–H groups in total. The van der Waals surface area contributed by atoms with Gasteiger partial charge in [0.25, 0.3) is 0 Å². The molecule has 20 heavy (non-hydrogen) atoms. The molecule has 1 fully saturated rings. The fourth-order valence-corrected chi connectivity index (χ4v) is 3.51. The highest BCUT2D eigenvalue weighted by Gasteiger charge is 2.44. The van der Waals surface area contributed by atoms with Gasteiger partial charge in [-0.1, -0.05) is 27.2 Å². The first-order valence-electron chi connectivity index (χ1n) is 7.42. The van der Waals surface area contributed by atoms with Crippen LogP contribution in [0.25, 0.3) is 0 Å². The lowest BCUT2D eigenvalue weighted by molar-refractivity contribution is 0.167. The van der Waals surface area contributed by atoms with Crippen molar-refractivity contribution in [1.82, 2.24) is 0 Å². The minimum Gasteiger partial charge on any atom is -0.367 e. The van der Waals surface area contributed by atoms with E-state index in [-0.39, 0.29) is 5.82 Å². The van der Waals surface area contributed by atoms with Gasteiger partial charge in [0.15, 0.2) is 0 Å². The highest BCUT2D eigenvalue weighted by molar-refractivity contribution is 5.48. The summed E-state index contributed by atoms with van der Waals surface area (Å²) in [4.78, 5) is 0. The van der Waals surface area contributed by atoms with E-state index in [1.807, 2.05) is 0 Å². The van der Waals surface area contributed by atoms with Gasteiger partial charge < -0.3 is 5.32 Å². The molecule has 1 saturated carbocycles. The second-order valence-corrected chi connectivity index (χ2v) is 6.45. The van der Waals surface area contributed by atoms with Crippen molar-refractivity contribution < 1.29 is 4.39 Å². The van der Waals surface area contributed by atoms with Gasteiger partial charge >= 0.3 is 0 Å². The van der Waals surface area contributed by atoms with Crippen LogP contribution >= 0.6 is 0 Å². The summed E-state index contributed by atoms with van der Waals surface area (Å²) in [6.07, 6.45) is 3.10. The number of hydrogen-bond acceptors (Lipinski definition) is 2. The van der Waals surface area contributed by atoms with Crippen molar-refractivity contribution in [1.29, 1.82) is 5.26 Å². The minimum absolute atomic E-state index is 0.251. The molecule has 0 aliphatic heterocycles. The number of nitriles is 1. The van der Waals surface area contributed by atoms with Crippen LogP contribution in [0.2, 0.25) is 0 Å². The summed E-state index contributed by atoms with van der Waals surface area (Å²) in [6, 6.07) is 8.83. The number of hydrogen-bond donors (Lipinski definition) is 1. The zero-order valence-electron chi connectivity index (χ0n) is 12.5. The first-order chi connectivity index (χ1) is 9.47. The Morgan fingerprint density at radius 2 is 1.95 bits per heavy atom. The highest BCUT2D eigenvalue weighted by atomic mass is 19.1. The summed E-state index contributed by atoms with van der Waals surface area (Å²) in [5, 5.41) is 13.2. The first kappa shape index (κ1) is 14.8. The van der Waals surface area contributed by atoms with Gasteiger partial charge in [-0.2, -0.15) is 5.26 Å². The van der Waals surface area contributed by atoms with Crippen LogP contribution < -0.4 is 5.32 Å². The Bertz CT molecular complexity index is 489. The summed E-state index contributed by atoms with van der Waals surface area (Å²) in [6.45, 7) is 6.56. The fourth-order valence-electron chi connectivity index (χ4n) is 3.51. The third-order valence-corrected chi connectivity index (χ3v) is 4.49. The molecule has 2 nitrogen and oxygen atoms in total. The Balaban J connectivity index is 2.29. The van der Waals surface area contributed by atoms with E-state index in [9.17, 15) is 9.65 Å². The number of anilines is 1. The summed E-state index contributed by atoms with van der Waals surface area (Å²) < 4.78 is 13.0. The number of rotatable bonds is 3. The summed E-state index contributed by atoms with van der Waals surface area (Å²) in [5.74, 6) is 1.07. The van der Waals surface area contributed by atoms with E-state index in [1.165, 1.54) is 18.6 Å². The van der Waals surface area contributed by atoms with E-state index in [4.69, 9.17) is 0 Å². The molecule has 0 bridgehead atoms. The molecule has 3 heteroatoms. The average molecular weight is 274 g/mol. The van der Waals surface area contributed by atoms with Crippen LogP contribution in [0.5, 0.6) is 0 Å². The van der Waals surface area contributed by atoms with Crippen molar-refractivity contribution >= 4 is 5.69 Å². The Labute approximate surface area is 121 Å². The smallest absolute Gasteiger partial charge is 0.128 e. The first-order valence-corrected chi connectivity index (χ1v) is 7.42. The second-order valence-electron chi connectivity index (χ2n) is 6.45. The lowest BCUT2D eigenvalue weighted by Crippen LogP contribution is -2.50. The molecule has 3 unspecified atom stereocenters. The summed E-state index contributed by atoms with van der Waals surface area (Å²) >= 11 is 0. The summed E-state index contributed by atoms with van der Waals surface area (Å²) in [7, 11) is 0. The van der Waals surface area contributed by atoms with E-state index in [2.05, 4.69) is 32.2 Å². The van der Waals surface area contributed by atoms with Gasteiger partial charge in [-0.25, -0.2) is 4.39 Å². The maximum absolute atomic E-state index is 13.0. The van der Waals surface area contributed by atoms with Crippen LogP contribution in [-0.4, -0.2) is 5.54 Å². The zero-order valence-corrected chi connectivity index (χ0v) is 12.5. The zero-order chi connectivity index (χ0) is 14.8. The quantitative estimate of drug-likeness (QED) is 0.875. The van der Waals surface area contributed by atoms with Crippen LogP contribution in [-0.2, 0) is 0 Å². The van der Waals surface area contributed by atoms with Crippen molar-refractivity contribution in [3.05, 3.63) is 30.1 Å². The molecule has 0 aromatic heterocycles. The van der Waals surface area contributed by atoms with E-state index in [1.54, 1.807) is 12.1 Å². The molecule has 108 valence electrons. The molecule has 0 spiro atoms. The molecule has 2 rings (SSSR count). The van der Waals surface area contributed by atoms with E-state index in [0.717, 1.165) is 18.5 Å². The average Bonchev–Trinajstić information content (AvgIpc) is 2.41. The van der Waals surface area contributed by atoms with Crippen LogP contribution in [0.1, 0.15) is 40.0 Å². The molecular weight excluding hydrogens is 251 g/mol. The second kappa shape index (κ2) is 5.83. The number of nitrogens with zero attached hydrogens (tertiary/aromatic N) is 1. The van der Waals surface area contributed by atoms with Gasteiger partial charge in [-0.05, 0) is 54.9 Å². The van der Waals surface area contributed by atoms with Gasteiger partial charge in [0, 0.05) is 5.69 Å². The van der Waals surface area contributed by atoms with Crippen molar-refractivity contribution in [2.75, 3.05) is 5.32 Å². The molecule has 0 saturated heterocycles. The maximum atomic E-state index is 13.0. The fraction of sp³-hybridized carbons (Fsp3) is 0.588. The van der Waals surface area contributed by atoms with Crippen LogP contribution in [0.4, 0.5) is 10.1 Å². The van der Waals surface area contributed by atoms with Gasteiger partial charge in [-0.3, -0.25) is 0 Å². The molecule has 3 atom stereocenters. The third-order valence-electron chi connectivity index (χ3n) is 4.49. The van der Waals surface area contributed by atoms with E-state index < -0.39 is 5.54 Å². The maximum Gasteiger partial charge on any atom is 0.128 e. The number of benzene rings is 1. The molecule has 1 aliphatic carbocycles. The molecule has 1 aliphatic rings. The van der Waals surface area contributed by atoms with Crippen molar-refractivity contribution in [3.63, 3.8) is 0 Å². The molecule has 1 aromatic rings. The normalized spacial score (nSPS) is 30.0. The van der Waals surface area contributed by atoms with Gasteiger partial charge in [0.1, 0.15) is 11.4 Å². The largest absolute Gasteiger partial charge is 0.367 e. The number of halogens is 1. The van der Waals surface area contributed by atoms with Crippen molar-refractivity contribution in [2.24, 2.45) is 17.8 Å². The predicted octanol–water partition coefficient (Wildman–Crippen LogP) is 4.59. The topological polar surface area (TPSA) is 35.8 Å². The molecule has 0 radical (unpaired) electrons. The predicted molar refractivity (Wildman–Crippen MR) is 79.7 cm³/mol.